The second-order valence-electron chi connectivity index (χ2n) is 5.35. The fourth-order valence-electron chi connectivity index (χ4n) is 2.61. The Morgan fingerprint density at radius 2 is 2.40 bits per heavy atom. The summed E-state index contributed by atoms with van der Waals surface area (Å²) in [6.07, 6.45) is 4.31. The van der Waals surface area contributed by atoms with Crippen LogP contribution < -0.4 is 5.32 Å². The molecule has 1 aromatic heterocycles. The maximum Gasteiger partial charge on any atom is 0.238 e. The Hall–Kier alpha value is -1.17. The zero-order valence-corrected chi connectivity index (χ0v) is 12.3. The molecule has 0 bridgehead atoms. The van der Waals surface area contributed by atoms with Crippen LogP contribution in [0.3, 0.4) is 0 Å². The Labute approximate surface area is 123 Å². The number of anilines is 1. The first-order valence-corrected chi connectivity index (χ1v) is 7.21. The van der Waals surface area contributed by atoms with Gasteiger partial charge in [0.1, 0.15) is 0 Å². The van der Waals surface area contributed by atoms with Gasteiger partial charge in [0, 0.05) is 12.7 Å². The van der Waals surface area contributed by atoms with Crippen LogP contribution in [0, 0.1) is 5.92 Å². The van der Waals surface area contributed by atoms with E-state index in [1.54, 1.807) is 18.3 Å². The largest absolute Gasteiger partial charge is 0.393 e. The number of pyridine rings is 1. The number of halogens is 1. The molecule has 0 radical (unpaired) electrons. The third kappa shape index (κ3) is 4.16. The van der Waals surface area contributed by atoms with Gasteiger partial charge < -0.3 is 10.4 Å². The summed E-state index contributed by atoms with van der Waals surface area (Å²) < 4.78 is 0. The molecule has 1 amide bonds. The van der Waals surface area contributed by atoms with Crippen molar-refractivity contribution >= 4 is 23.2 Å². The van der Waals surface area contributed by atoms with E-state index in [2.05, 4.69) is 10.3 Å². The normalized spacial score (nSPS) is 22.2. The Morgan fingerprint density at radius 3 is 3.05 bits per heavy atom. The third-order valence-corrected chi connectivity index (χ3v) is 3.91. The lowest BCUT2D eigenvalue weighted by molar-refractivity contribution is -0.117. The molecule has 0 spiro atoms. The van der Waals surface area contributed by atoms with Gasteiger partial charge in [-0.3, -0.25) is 9.69 Å². The quantitative estimate of drug-likeness (QED) is 0.813. The predicted molar refractivity (Wildman–Crippen MR) is 78.7 cm³/mol. The molecule has 0 saturated heterocycles. The van der Waals surface area contributed by atoms with Crippen molar-refractivity contribution in [2.24, 2.45) is 5.92 Å². The number of aliphatic hydroxyl groups is 1. The van der Waals surface area contributed by atoms with E-state index in [1.807, 2.05) is 11.9 Å². The molecule has 1 aliphatic rings. The maximum atomic E-state index is 11.9. The number of nitrogens with one attached hydrogen (secondary N) is 1. The summed E-state index contributed by atoms with van der Waals surface area (Å²) in [7, 11) is 1.88. The third-order valence-electron chi connectivity index (χ3n) is 3.61. The van der Waals surface area contributed by atoms with Crippen molar-refractivity contribution in [1.29, 1.82) is 0 Å². The van der Waals surface area contributed by atoms with Gasteiger partial charge in [-0.2, -0.15) is 0 Å². The number of carbonyl (C=O) groups excluding carboxylic acids is 1. The van der Waals surface area contributed by atoms with Crippen LogP contribution in [0.1, 0.15) is 19.3 Å². The second kappa shape index (κ2) is 7.02. The van der Waals surface area contributed by atoms with Gasteiger partial charge in [0.25, 0.3) is 0 Å². The number of amides is 1. The number of aromatic nitrogens is 1. The average molecular weight is 298 g/mol. The molecule has 6 heteroatoms. The fraction of sp³-hybridized carbons (Fsp3) is 0.571. The van der Waals surface area contributed by atoms with Crippen molar-refractivity contribution < 1.29 is 9.90 Å². The lowest BCUT2D eigenvalue weighted by atomic mass is 10.1. The van der Waals surface area contributed by atoms with Gasteiger partial charge in [-0.25, -0.2) is 4.98 Å². The van der Waals surface area contributed by atoms with E-state index in [9.17, 15) is 9.90 Å². The topological polar surface area (TPSA) is 65.5 Å². The Balaban J connectivity index is 1.80. The zero-order chi connectivity index (χ0) is 14.5. The van der Waals surface area contributed by atoms with E-state index < -0.39 is 0 Å². The molecule has 0 aromatic carbocycles. The number of carbonyl (C=O) groups is 1. The molecule has 1 aromatic rings. The highest BCUT2D eigenvalue weighted by molar-refractivity contribution is 6.32. The van der Waals surface area contributed by atoms with Crippen LogP contribution in [0.4, 0.5) is 5.69 Å². The summed E-state index contributed by atoms with van der Waals surface area (Å²) in [5, 5.41) is 12.8. The molecule has 2 unspecified atom stereocenters. The van der Waals surface area contributed by atoms with Crippen molar-refractivity contribution in [2.45, 2.75) is 25.4 Å². The monoisotopic (exact) mass is 297 g/mol. The zero-order valence-electron chi connectivity index (χ0n) is 11.6. The molecule has 0 aliphatic heterocycles. The minimum absolute atomic E-state index is 0.130. The first kappa shape index (κ1) is 15.2. The standard InChI is InChI=1S/C14H20ClN3O2/c1-18(8-10-4-2-6-12(10)19)9-13(20)17-11-5-3-7-16-14(11)15/h3,5,7,10,12,19H,2,4,6,8-9H2,1H3,(H,17,20). The summed E-state index contributed by atoms with van der Waals surface area (Å²) in [5.74, 6) is 0.143. The predicted octanol–water partition coefficient (Wildman–Crippen LogP) is 1.77. The number of rotatable bonds is 5. The van der Waals surface area contributed by atoms with Crippen LogP contribution in [0.15, 0.2) is 18.3 Å². The highest BCUT2D eigenvalue weighted by Gasteiger charge is 2.26. The molecule has 1 fully saturated rings. The van der Waals surface area contributed by atoms with Crippen LogP contribution in [0.2, 0.25) is 5.15 Å². The summed E-state index contributed by atoms with van der Waals surface area (Å²) >= 11 is 5.89. The van der Waals surface area contributed by atoms with Crippen molar-refractivity contribution in [3.05, 3.63) is 23.5 Å². The molecule has 2 atom stereocenters. The van der Waals surface area contributed by atoms with E-state index in [0.717, 1.165) is 25.8 Å². The number of likely N-dealkylation sites (N-methyl/N-ethyl adjacent to an activating group) is 1. The molecule has 20 heavy (non-hydrogen) atoms. The van der Waals surface area contributed by atoms with Crippen molar-refractivity contribution in [3.63, 3.8) is 0 Å². The first-order valence-electron chi connectivity index (χ1n) is 6.83. The molecule has 1 saturated carbocycles. The Morgan fingerprint density at radius 1 is 1.60 bits per heavy atom. The van der Waals surface area contributed by atoms with Gasteiger partial charge >= 0.3 is 0 Å². The minimum atomic E-state index is -0.228. The summed E-state index contributed by atoms with van der Waals surface area (Å²) in [6, 6.07) is 3.44. The van der Waals surface area contributed by atoms with Gasteiger partial charge in [0.15, 0.2) is 5.15 Å². The minimum Gasteiger partial charge on any atom is -0.393 e. The van der Waals surface area contributed by atoms with Gasteiger partial charge in [-0.1, -0.05) is 18.0 Å². The van der Waals surface area contributed by atoms with Crippen molar-refractivity contribution in [1.82, 2.24) is 9.88 Å². The molecule has 2 N–H and O–H groups in total. The lowest BCUT2D eigenvalue weighted by Gasteiger charge is -2.22. The van der Waals surface area contributed by atoms with Crippen LogP contribution >= 0.6 is 11.6 Å². The van der Waals surface area contributed by atoms with E-state index in [1.165, 1.54) is 0 Å². The molecular formula is C14H20ClN3O2. The van der Waals surface area contributed by atoms with E-state index >= 15 is 0 Å². The highest BCUT2D eigenvalue weighted by atomic mass is 35.5. The average Bonchev–Trinajstić information content (AvgIpc) is 2.77. The smallest absolute Gasteiger partial charge is 0.238 e. The summed E-state index contributed by atoms with van der Waals surface area (Å²) in [4.78, 5) is 17.8. The molecule has 5 nitrogen and oxygen atoms in total. The summed E-state index contributed by atoms with van der Waals surface area (Å²) in [6.45, 7) is 1.00. The molecule has 110 valence electrons. The highest BCUT2D eigenvalue weighted by Crippen LogP contribution is 2.26. The molecule has 1 heterocycles. The maximum absolute atomic E-state index is 11.9. The van der Waals surface area contributed by atoms with Crippen LogP contribution in [-0.2, 0) is 4.79 Å². The van der Waals surface area contributed by atoms with E-state index in [0.29, 0.717) is 5.69 Å². The number of nitrogens with zero attached hydrogens (tertiary/aromatic N) is 2. The van der Waals surface area contributed by atoms with Gasteiger partial charge in [-0.15, -0.1) is 0 Å². The Bertz CT molecular complexity index is 469. The molecule has 2 rings (SSSR count). The lowest BCUT2D eigenvalue weighted by Crippen LogP contribution is -2.35. The number of aliphatic hydroxyl groups excluding tert-OH is 1. The summed E-state index contributed by atoms with van der Waals surface area (Å²) in [5.41, 5.74) is 0.522. The van der Waals surface area contributed by atoms with Gasteiger partial charge in [0.05, 0.1) is 18.3 Å². The SMILES string of the molecule is CN(CC(=O)Nc1cccnc1Cl)CC1CCCC1O. The van der Waals surface area contributed by atoms with Crippen molar-refractivity contribution in [3.8, 4) is 0 Å². The van der Waals surface area contributed by atoms with Crippen LogP contribution in [-0.4, -0.2) is 47.1 Å². The van der Waals surface area contributed by atoms with Gasteiger partial charge in [0.2, 0.25) is 5.91 Å². The van der Waals surface area contributed by atoms with Crippen molar-refractivity contribution in [2.75, 3.05) is 25.5 Å². The van der Waals surface area contributed by atoms with Gasteiger partial charge in [-0.05, 0) is 37.9 Å². The van der Waals surface area contributed by atoms with Crippen LogP contribution in [0.5, 0.6) is 0 Å². The Kier molecular flexibility index (Phi) is 5.34. The first-order chi connectivity index (χ1) is 9.56. The van der Waals surface area contributed by atoms with E-state index in [4.69, 9.17) is 11.6 Å². The fourth-order valence-corrected chi connectivity index (χ4v) is 2.78. The molecule has 1 aliphatic carbocycles. The van der Waals surface area contributed by atoms with E-state index in [-0.39, 0.29) is 29.6 Å². The number of hydrogen-bond donors (Lipinski definition) is 2. The molecular weight excluding hydrogens is 278 g/mol. The number of hydrogen-bond acceptors (Lipinski definition) is 4. The van der Waals surface area contributed by atoms with Crippen LogP contribution in [0.25, 0.3) is 0 Å². The second-order valence-corrected chi connectivity index (χ2v) is 5.70.